The van der Waals surface area contributed by atoms with Gasteiger partial charge in [0, 0.05) is 43.6 Å². The highest BCUT2D eigenvalue weighted by Gasteiger charge is 2.24. The average Bonchev–Trinajstić information content (AvgIpc) is 2.91. The van der Waals surface area contributed by atoms with Gasteiger partial charge in [-0.05, 0) is 18.4 Å². The van der Waals surface area contributed by atoms with E-state index >= 15 is 0 Å². The van der Waals surface area contributed by atoms with Crippen molar-refractivity contribution in [1.82, 2.24) is 9.80 Å². The molecule has 0 bridgehead atoms. The molecule has 1 aromatic rings. The van der Waals surface area contributed by atoms with E-state index in [1.165, 1.54) is 12.0 Å². The quantitative estimate of drug-likeness (QED) is 0.771. The smallest absolute Gasteiger partial charge is 0.306 e. The Morgan fingerprint density at radius 3 is 3.00 bits per heavy atom. The lowest BCUT2D eigenvalue weighted by molar-refractivity contribution is -0.141. The van der Waals surface area contributed by atoms with E-state index in [0.29, 0.717) is 12.5 Å². The van der Waals surface area contributed by atoms with E-state index in [0.717, 1.165) is 32.7 Å². The third kappa shape index (κ3) is 4.30. The van der Waals surface area contributed by atoms with Crippen molar-refractivity contribution in [3.63, 3.8) is 0 Å². The first-order chi connectivity index (χ1) is 9.19. The van der Waals surface area contributed by atoms with Crippen LogP contribution in [0.1, 0.15) is 18.2 Å². The van der Waals surface area contributed by atoms with Gasteiger partial charge in [0.2, 0.25) is 0 Å². The molecule has 2 rings (SSSR count). The highest BCUT2D eigenvalue weighted by Crippen LogP contribution is 2.17. The number of thiophene rings is 1. The van der Waals surface area contributed by atoms with Crippen LogP contribution in [-0.4, -0.2) is 55.1 Å². The van der Waals surface area contributed by atoms with Gasteiger partial charge in [-0.3, -0.25) is 14.6 Å². The Kier molecular flexibility index (Phi) is 5.36. The molecule has 0 spiro atoms. The van der Waals surface area contributed by atoms with E-state index in [1.54, 1.807) is 0 Å². The van der Waals surface area contributed by atoms with Gasteiger partial charge in [-0.1, -0.05) is 6.07 Å². The zero-order chi connectivity index (χ0) is 13.7. The fraction of sp³-hybridized carbons (Fsp3) is 0.643. The minimum absolute atomic E-state index is 0.117. The van der Waals surface area contributed by atoms with Crippen LogP contribution >= 0.6 is 11.3 Å². The predicted octanol–water partition coefficient (Wildman–Crippen LogP) is 1.82. The maximum Gasteiger partial charge on any atom is 0.306 e. The molecule has 1 aliphatic rings. The molecule has 4 nitrogen and oxygen atoms in total. The minimum atomic E-state index is -0.117. The summed E-state index contributed by atoms with van der Waals surface area (Å²) >= 11 is 1.82. The highest BCUT2D eigenvalue weighted by molar-refractivity contribution is 7.09. The van der Waals surface area contributed by atoms with Crippen molar-refractivity contribution < 1.29 is 9.53 Å². The van der Waals surface area contributed by atoms with Crippen LogP contribution in [0.25, 0.3) is 0 Å². The molecule has 1 fully saturated rings. The van der Waals surface area contributed by atoms with Gasteiger partial charge < -0.3 is 4.74 Å². The molecule has 0 radical (unpaired) electrons. The van der Waals surface area contributed by atoms with Crippen LogP contribution in [0, 0.1) is 0 Å². The number of nitrogens with zero attached hydrogens (tertiary/aromatic N) is 2. The van der Waals surface area contributed by atoms with Crippen molar-refractivity contribution in [3.05, 3.63) is 22.4 Å². The van der Waals surface area contributed by atoms with Gasteiger partial charge in [0.15, 0.2) is 0 Å². The standard InChI is InChI=1S/C14H22N2O2S/c1-12-10-15(6-5-14(17)18-2)7-8-16(12)11-13-4-3-9-19-13/h3-4,9,12H,5-8,10-11H2,1-2H3/t12-/m0/s1. The molecule has 0 aliphatic carbocycles. The van der Waals surface area contributed by atoms with Crippen LogP contribution < -0.4 is 0 Å². The highest BCUT2D eigenvalue weighted by atomic mass is 32.1. The van der Waals surface area contributed by atoms with Gasteiger partial charge in [0.25, 0.3) is 0 Å². The normalized spacial score (nSPS) is 21.5. The molecule has 1 aromatic heterocycles. The van der Waals surface area contributed by atoms with Crippen LogP contribution in [-0.2, 0) is 16.1 Å². The first-order valence-corrected chi connectivity index (χ1v) is 7.62. The van der Waals surface area contributed by atoms with Gasteiger partial charge in [-0.2, -0.15) is 0 Å². The Bertz CT molecular complexity index is 394. The number of hydrogen-bond donors (Lipinski definition) is 0. The average molecular weight is 282 g/mol. The molecule has 2 heterocycles. The van der Waals surface area contributed by atoms with Crippen molar-refractivity contribution in [2.75, 3.05) is 33.3 Å². The molecule has 0 aromatic carbocycles. The zero-order valence-electron chi connectivity index (χ0n) is 11.7. The van der Waals surface area contributed by atoms with Gasteiger partial charge in [0.05, 0.1) is 13.5 Å². The van der Waals surface area contributed by atoms with Gasteiger partial charge >= 0.3 is 5.97 Å². The molecule has 1 atom stereocenters. The summed E-state index contributed by atoms with van der Waals surface area (Å²) in [6, 6.07) is 4.84. The SMILES string of the molecule is COC(=O)CCN1CCN(Cc2cccs2)[C@@H](C)C1. The first kappa shape index (κ1) is 14.5. The maximum atomic E-state index is 11.2. The topological polar surface area (TPSA) is 32.8 Å². The van der Waals surface area contributed by atoms with Gasteiger partial charge in [0.1, 0.15) is 0 Å². The van der Waals surface area contributed by atoms with Crippen LogP contribution in [0.5, 0.6) is 0 Å². The van der Waals surface area contributed by atoms with E-state index in [-0.39, 0.29) is 5.97 Å². The second-order valence-corrected chi connectivity index (χ2v) is 6.06. The fourth-order valence-electron chi connectivity index (χ4n) is 2.46. The number of piperazine rings is 1. The summed E-state index contributed by atoms with van der Waals surface area (Å²) in [5, 5.41) is 2.13. The fourth-order valence-corrected chi connectivity index (χ4v) is 3.19. The molecular formula is C14H22N2O2S. The molecule has 19 heavy (non-hydrogen) atoms. The van der Waals surface area contributed by atoms with Crippen LogP contribution in [0.15, 0.2) is 17.5 Å². The summed E-state index contributed by atoms with van der Waals surface area (Å²) in [5.74, 6) is -0.117. The third-order valence-electron chi connectivity index (χ3n) is 3.65. The summed E-state index contributed by atoms with van der Waals surface area (Å²) in [4.78, 5) is 17.4. The predicted molar refractivity (Wildman–Crippen MR) is 77.3 cm³/mol. The molecule has 0 amide bonds. The monoisotopic (exact) mass is 282 g/mol. The summed E-state index contributed by atoms with van der Waals surface area (Å²) in [6.07, 6.45) is 0.494. The Balaban J connectivity index is 1.76. The maximum absolute atomic E-state index is 11.2. The second-order valence-electron chi connectivity index (χ2n) is 5.03. The Morgan fingerprint density at radius 2 is 2.37 bits per heavy atom. The zero-order valence-corrected chi connectivity index (χ0v) is 12.5. The molecular weight excluding hydrogens is 260 g/mol. The summed E-state index contributed by atoms with van der Waals surface area (Å²) in [5.41, 5.74) is 0. The minimum Gasteiger partial charge on any atom is -0.469 e. The first-order valence-electron chi connectivity index (χ1n) is 6.74. The van der Waals surface area contributed by atoms with Crippen molar-refractivity contribution in [1.29, 1.82) is 0 Å². The summed E-state index contributed by atoms with van der Waals surface area (Å²) in [6.45, 7) is 7.25. The Hall–Kier alpha value is -0.910. The van der Waals surface area contributed by atoms with Crippen LogP contribution in [0.3, 0.4) is 0 Å². The lowest BCUT2D eigenvalue weighted by Crippen LogP contribution is -2.51. The Labute approximate surface area is 119 Å². The largest absolute Gasteiger partial charge is 0.469 e. The number of carbonyl (C=O) groups is 1. The van der Waals surface area contributed by atoms with E-state index in [9.17, 15) is 4.79 Å². The summed E-state index contributed by atoms with van der Waals surface area (Å²) in [7, 11) is 1.45. The number of methoxy groups -OCH3 is 1. The van der Waals surface area contributed by atoms with Crippen molar-refractivity contribution in [2.45, 2.75) is 25.9 Å². The van der Waals surface area contributed by atoms with E-state index in [4.69, 9.17) is 0 Å². The molecule has 0 N–H and O–H groups in total. The molecule has 0 unspecified atom stereocenters. The lowest BCUT2D eigenvalue weighted by atomic mass is 10.2. The van der Waals surface area contributed by atoms with Crippen molar-refractivity contribution in [3.8, 4) is 0 Å². The second kappa shape index (κ2) is 7.03. The number of hydrogen-bond acceptors (Lipinski definition) is 5. The number of rotatable bonds is 5. The molecule has 5 heteroatoms. The lowest BCUT2D eigenvalue weighted by Gasteiger charge is -2.39. The van der Waals surface area contributed by atoms with Gasteiger partial charge in [-0.15, -0.1) is 11.3 Å². The van der Waals surface area contributed by atoms with E-state index in [2.05, 4.69) is 39.0 Å². The molecule has 1 saturated heterocycles. The van der Waals surface area contributed by atoms with E-state index in [1.807, 2.05) is 11.3 Å². The Morgan fingerprint density at radius 1 is 1.53 bits per heavy atom. The van der Waals surface area contributed by atoms with Crippen molar-refractivity contribution in [2.24, 2.45) is 0 Å². The van der Waals surface area contributed by atoms with Crippen LogP contribution in [0.2, 0.25) is 0 Å². The van der Waals surface area contributed by atoms with Crippen molar-refractivity contribution >= 4 is 17.3 Å². The number of ether oxygens (including phenoxy) is 1. The number of esters is 1. The summed E-state index contributed by atoms with van der Waals surface area (Å²) < 4.78 is 4.68. The molecule has 1 aliphatic heterocycles. The third-order valence-corrected chi connectivity index (χ3v) is 4.51. The molecule has 106 valence electrons. The number of carbonyl (C=O) groups excluding carboxylic acids is 1. The van der Waals surface area contributed by atoms with Crippen LogP contribution in [0.4, 0.5) is 0 Å². The van der Waals surface area contributed by atoms with Gasteiger partial charge in [-0.25, -0.2) is 0 Å². The van der Waals surface area contributed by atoms with E-state index < -0.39 is 0 Å². The molecule has 0 saturated carbocycles.